The van der Waals surface area contributed by atoms with Crippen LogP contribution in [0.5, 0.6) is 0 Å². The molecule has 0 atom stereocenters. The maximum absolute atomic E-state index is 7.75. The number of halogens is 1. The second-order valence-electron chi connectivity index (χ2n) is 1.03. The van der Waals surface area contributed by atoms with E-state index in [1.165, 1.54) is 0 Å². The number of hydrogen-bond acceptors (Lipinski definition) is 2. The number of hydrogen-bond donors (Lipinski definition) is 0. The Kier molecular flexibility index (Phi) is 12.6. The fraction of sp³-hybridized carbons (Fsp3) is 0.333. The lowest BCUT2D eigenvalue weighted by Gasteiger charge is -1.58. The fourth-order valence-electron chi connectivity index (χ4n) is 0. The third-order valence-electron chi connectivity index (χ3n) is 0.279. The summed E-state index contributed by atoms with van der Waals surface area (Å²) in [5, 5.41) is 15.4. The van der Waals surface area contributed by atoms with Gasteiger partial charge >= 0.3 is 0 Å². The SMILES string of the molecule is C=C(Br)C#N.CCC#N. The largest absolute Gasteiger partial charge is 0.198 e. The molecule has 0 bridgehead atoms. The van der Waals surface area contributed by atoms with Gasteiger partial charge in [0.2, 0.25) is 0 Å². The van der Waals surface area contributed by atoms with Crippen LogP contribution in [0.4, 0.5) is 0 Å². The third kappa shape index (κ3) is 40.2. The van der Waals surface area contributed by atoms with Crippen molar-refractivity contribution in [3.05, 3.63) is 11.1 Å². The molecule has 0 fully saturated rings. The minimum Gasteiger partial charge on any atom is -0.198 e. The minimum atomic E-state index is 0.373. The van der Waals surface area contributed by atoms with Gasteiger partial charge in [-0.05, 0) is 15.9 Å². The van der Waals surface area contributed by atoms with Gasteiger partial charge in [0, 0.05) is 6.42 Å². The molecular weight excluding hydrogens is 180 g/mol. The zero-order valence-corrected chi connectivity index (χ0v) is 6.77. The summed E-state index contributed by atoms with van der Waals surface area (Å²) < 4.78 is 0.373. The molecule has 0 aliphatic carbocycles. The van der Waals surface area contributed by atoms with Crippen LogP contribution in [0.25, 0.3) is 0 Å². The highest BCUT2D eigenvalue weighted by molar-refractivity contribution is 9.12. The Morgan fingerprint density at radius 3 is 1.89 bits per heavy atom. The van der Waals surface area contributed by atoms with Gasteiger partial charge in [0.1, 0.15) is 6.07 Å². The Morgan fingerprint density at radius 2 is 1.89 bits per heavy atom. The number of allylic oxidation sites excluding steroid dienone is 1. The van der Waals surface area contributed by atoms with Crippen molar-refractivity contribution in [2.75, 3.05) is 0 Å². The van der Waals surface area contributed by atoms with Crippen LogP contribution in [-0.2, 0) is 0 Å². The van der Waals surface area contributed by atoms with Crippen molar-refractivity contribution in [3.63, 3.8) is 0 Å². The highest BCUT2D eigenvalue weighted by atomic mass is 79.9. The molecule has 0 aromatic carbocycles. The first-order valence-electron chi connectivity index (χ1n) is 2.30. The van der Waals surface area contributed by atoms with E-state index in [2.05, 4.69) is 22.5 Å². The number of nitriles is 2. The van der Waals surface area contributed by atoms with Gasteiger partial charge in [0.05, 0.1) is 10.6 Å². The molecule has 0 radical (unpaired) electrons. The standard InChI is InChI=1S/C3H2BrN.C3H5N/c1-3(4)2-5;1-2-3-4/h1H2;2H2,1H3. The van der Waals surface area contributed by atoms with Crippen molar-refractivity contribution in [1.82, 2.24) is 0 Å². The summed E-state index contributed by atoms with van der Waals surface area (Å²) in [4.78, 5) is 0. The smallest absolute Gasteiger partial charge is 0.106 e. The third-order valence-corrected chi connectivity index (χ3v) is 0.457. The summed E-state index contributed by atoms with van der Waals surface area (Å²) in [6.07, 6.45) is 0.625. The van der Waals surface area contributed by atoms with Crippen molar-refractivity contribution in [2.24, 2.45) is 0 Å². The lowest BCUT2D eigenvalue weighted by molar-refractivity contribution is 1.22. The Labute approximate surface area is 63.5 Å². The Morgan fingerprint density at radius 1 is 1.67 bits per heavy atom. The van der Waals surface area contributed by atoms with Crippen molar-refractivity contribution in [1.29, 1.82) is 10.5 Å². The lowest BCUT2D eigenvalue weighted by Crippen LogP contribution is -1.43. The Balaban J connectivity index is 0. The molecule has 0 aliphatic rings. The van der Waals surface area contributed by atoms with Crippen LogP contribution in [0.15, 0.2) is 11.1 Å². The van der Waals surface area contributed by atoms with E-state index in [0.29, 0.717) is 10.9 Å². The van der Waals surface area contributed by atoms with Crippen LogP contribution in [0.2, 0.25) is 0 Å². The first kappa shape index (κ1) is 11.1. The summed E-state index contributed by atoms with van der Waals surface area (Å²) in [6.45, 7) is 5.05. The zero-order valence-electron chi connectivity index (χ0n) is 5.19. The van der Waals surface area contributed by atoms with Crippen LogP contribution < -0.4 is 0 Å². The molecule has 48 valence electrons. The summed E-state index contributed by atoms with van der Waals surface area (Å²) in [5.41, 5.74) is 0. The van der Waals surface area contributed by atoms with Crippen LogP contribution in [-0.4, -0.2) is 0 Å². The van der Waals surface area contributed by atoms with Crippen molar-refractivity contribution < 1.29 is 0 Å². The Hall–Kier alpha value is -0.800. The monoisotopic (exact) mass is 186 g/mol. The van der Waals surface area contributed by atoms with Crippen LogP contribution >= 0.6 is 15.9 Å². The summed E-state index contributed by atoms with van der Waals surface area (Å²) >= 11 is 2.82. The van der Waals surface area contributed by atoms with Gasteiger partial charge in [-0.2, -0.15) is 10.5 Å². The van der Waals surface area contributed by atoms with E-state index in [9.17, 15) is 0 Å². The highest BCUT2D eigenvalue weighted by Gasteiger charge is 1.68. The molecule has 0 amide bonds. The van der Waals surface area contributed by atoms with Gasteiger partial charge in [0.25, 0.3) is 0 Å². The van der Waals surface area contributed by atoms with E-state index in [0.717, 1.165) is 0 Å². The molecule has 0 unspecified atom stereocenters. The molecular formula is C6H7BrN2. The molecule has 3 heteroatoms. The molecule has 0 saturated heterocycles. The van der Waals surface area contributed by atoms with E-state index in [1.807, 2.05) is 13.0 Å². The predicted molar refractivity (Wildman–Crippen MR) is 39.6 cm³/mol. The van der Waals surface area contributed by atoms with Crippen molar-refractivity contribution in [2.45, 2.75) is 13.3 Å². The number of nitrogens with zero attached hydrogens (tertiary/aromatic N) is 2. The normalized spacial score (nSPS) is 5.33. The average molecular weight is 187 g/mol. The summed E-state index contributed by atoms with van der Waals surface area (Å²) in [6, 6.07) is 3.68. The van der Waals surface area contributed by atoms with Gasteiger partial charge < -0.3 is 0 Å². The van der Waals surface area contributed by atoms with E-state index in [4.69, 9.17) is 10.5 Å². The first-order chi connectivity index (χ1) is 4.18. The molecule has 0 aromatic rings. The molecule has 2 nitrogen and oxygen atoms in total. The molecule has 0 rings (SSSR count). The molecule has 0 saturated carbocycles. The molecule has 9 heavy (non-hydrogen) atoms. The number of rotatable bonds is 0. The quantitative estimate of drug-likeness (QED) is 0.546. The molecule has 0 aliphatic heterocycles. The zero-order chi connectivity index (χ0) is 7.70. The maximum atomic E-state index is 7.75. The average Bonchev–Trinajstić information content (AvgIpc) is 1.89. The summed E-state index contributed by atoms with van der Waals surface area (Å²) in [5.74, 6) is 0. The second-order valence-corrected chi connectivity index (χ2v) is 1.99. The van der Waals surface area contributed by atoms with Gasteiger partial charge in [-0.3, -0.25) is 0 Å². The van der Waals surface area contributed by atoms with Gasteiger partial charge in [-0.15, -0.1) is 0 Å². The van der Waals surface area contributed by atoms with Crippen molar-refractivity contribution >= 4 is 15.9 Å². The van der Waals surface area contributed by atoms with Gasteiger partial charge in [-0.1, -0.05) is 13.5 Å². The second kappa shape index (κ2) is 10.2. The van der Waals surface area contributed by atoms with Crippen molar-refractivity contribution in [3.8, 4) is 12.1 Å². The van der Waals surface area contributed by atoms with E-state index in [1.54, 1.807) is 6.07 Å². The van der Waals surface area contributed by atoms with E-state index >= 15 is 0 Å². The van der Waals surface area contributed by atoms with Gasteiger partial charge in [-0.25, -0.2) is 0 Å². The maximum Gasteiger partial charge on any atom is 0.106 e. The lowest BCUT2D eigenvalue weighted by atomic mass is 10.6. The van der Waals surface area contributed by atoms with E-state index in [-0.39, 0.29) is 0 Å². The molecule has 0 heterocycles. The highest BCUT2D eigenvalue weighted by Crippen LogP contribution is 1.93. The van der Waals surface area contributed by atoms with Crippen LogP contribution in [0.3, 0.4) is 0 Å². The van der Waals surface area contributed by atoms with Crippen LogP contribution in [0.1, 0.15) is 13.3 Å². The first-order valence-corrected chi connectivity index (χ1v) is 3.09. The fourth-order valence-corrected chi connectivity index (χ4v) is 0. The summed E-state index contributed by atoms with van der Waals surface area (Å²) in [7, 11) is 0. The molecule has 0 N–H and O–H groups in total. The van der Waals surface area contributed by atoms with E-state index < -0.39 is 0 Å². The molecule has 0 spiro atoms. The minimum absolute atomic E-state index is 0.373. The predicted octanol–water partition coefficient (Wildman–Crippen LogP) is 2.34. The Bertz CT molecular complexity index is 149. The van der Waals surface area contributed by atoms with Crippen LogP contribution in [0, 0.1) is 22.7 Å². The molecule has 0 aromatic heterocycles. The topological polar surface area (TPSA) is 47.6 Å². The van der Waals surface area contributed by atoms with Gasteiger partial charge in [0.15, 0.2) is 0 Å².